The zero-order chi connectivity index (χ0) is 15.1. The highest BCUT2D eigenvalue weighted by atomic mass is 16.7. The summed E-state index contributed by atoms with van der Waals surface area (Å²) in [5.74, 6) is 1.67. The number of carbonyl (C=O) groups is 1. The van der Waals surface area contributed by atoms with E-state index in [0.717, 1.165) is 31.1 Å². The van der Waals surface area contributed by atoms with Crippen molar-refractivity contribution in [1.82, 2.24) is 10.2 Å². The van der Waals surface area contributed by atoms with Crippen molar-refractivity contribution in [2.24, 2.45) is 5.92 Å². The number of nitrogens with one attached hydrogen (secondary N) is 1. The summed E-state index contributed by atoms with van der Waals surface area (Å²) in [6.45, 7) is 5.85. The number of carbonyl (C=O) groups excluding carboxylic acids is 1. The van der Waals surface area contributed by atoms with Crippen LogP contribution in [0, 0.1) is 12.8 Å². The number of hydrogen-bond acceptors (Lipinski definition) is 5. The Bertz CT molecular complexity index is 604. The summed E-state index contributed by atoms with van der Waals surface area (Å²) < 4.78 is 16.5. The molecule has 0 unspecified atom stereocenters. The van der Waals surface area contributed by atoms with Gasteiger partial charge >= 0.3 is 0 Å². The van der Waals surface area contributed by atoms with E-state index in [4.69, 9.17) is 14.2 Å². The Morgan fingerprint density at radius 3 is 2.91 bits per heavy atom. The van der Waals surface area contributed by atoms with E-state index in [9.17, 15) is 4.79 Å². The second-order valence-corrected chi connectivity index (χ2v) is 6.27. The van der Waals surface area contributed by atoms with Gasteiger partial charge < -0.3 is 19.5 Å². The molecule has 0 spiro atoms. The molecule has 1 N–H and O–H groups in total. The minimum absolute atomic E-state index is 0.0781. The van der Waals surface area contributed by atoms with Crippen molar-refractivity contribution in [3.63, 3.8) is 0 Å². The SMILES string of the molecule is Cc1cc2c(cc1CN1C[C@H]3COC[C@@H](C1)C(=O)N3)OCO2. The van der Waals surface area contributed by atoms with Gasteiger partial charge in [0.05, 0.1) is 25.2 Å². The Morgan fingerprint density at radius 1 is 1.23 bits per heavy atom. The van der Waals surface area contributed by atoms with Gasteiger partial charge in [-0.05, 0) is 30.2 Å². The highest BCUT2D eigenvalue weighted by Crippen LogP contribution is 2.35. The summed E-state index contributed by atoms with van der Waals surface area (Å²) >= 11 is 0. The van der Waals surface area contributed by atoms with Gasteiger partial charge in [-0.25, -0.2) is 0 Å². The van der Waals surface area contributed by atoms with E-state index in [1.165, 1.54) is 11.1 Å². The summed E-state index contributed by atoms with van der Waals surface area (Å²) in [4.78, 5) is 14.4. The van der Waals surface area contributed by atoms with Gasteiger partial charge in [0.25, 0.3) is 0 Å². The van der Waals surface area contributed by atoms with Crippen molar-refractivity contribution in [2.75, 3.05) is 33.1 Å². The normalized spacial score (nSPS) is 27.4. The Balaban J connectivity index is 1.55. The average molecular weight is 304 g/mol. The van der Waals surface area contributed by atoms with Crippen LogP contribution in [0.2, 0.25) is 0 Å². The van der Waals surface area contributed by atoms with E-state index in [1.54, 1.807) is 0 Å². The van der Waals surface area contributed by atoms with Gasteiger partial charge in [0.2, 0.25) is 12.7 Å². The summed E-state index contributed by atoms with van der Waals surface area (Å²) in [7, 11) is 0. The second-order valence-electron chi connectivity index (χ2n) is 6.27. The molecule has 2 fully saturated rings. The Hall–Kier alpha value is -1.79. The van der Waals surface area contributed by atoms with E-state index in [0.29, 0.717) is 20.0 Å². The van der Waals surface area contributed by atoms with Crippen LogP contribution in [0.4, 0.5) is 0 Å². The summed E-state index contributed by atoms with van der Waals surface area (Å²) in [5, 5.41) is 3.06. The minimum Gasteiger partial charge on any atom is -0.454 e. The fraction of sp³-hybridized carbons (Fsp3) is 0.562. The lowest BCUT2D eigenvalue weighted by Gasteiger charge is -2.28. The molecule has 3 aliphatic heterocycles. The molecule has 2 saturated heterocycles. The second kappa shape index (κ2) is 5.44. The molecule has 2 atom stereocenters. The number of benzene rings is 1. The largest absolute Gasteiger partial charge is 0.454 e. The van der Waals surface area contributed by atoms with E-state index < -0.39 is 0 Å². The first kappa shape index (κ1) is 13.8. The van der Waals surface area contributed by atoms with Crippen molar-refractivity contribution in [3.05, 3.63) is 23.3 Å². The zero-order valence-electron chi connectivity index (χ0n) is 12.6. The van der Waals surface area contributed by atoms with Crippen molar-refractivity contribution >= 4 is 5.91 Å². The molecule has 1 aromatic carbocycles. The molecule has 2 bridgehead atoms. The van der Waals surface area contributed by atoms with Crippen LogP contribution in [-0.2, 0) is 16.1 Å². The number of nitrogens with zero attached hydrogens (tertiary/aromatic N) is 1. The van der Waals surface area contributed by atoms with Crippen LogP contribution < -0.4 is 14.8 Å². The molecule has 6 nitrogen and oxygen atoms in total. The van der Waals surface area contributed by atoms with Gasteiger partial charge in [0.1, 0.15) is 0 Å². The molecule has 0 radical (unpaired) electrons. The van der Waals surface area contributed by atoms with Crippen molar-refractivity contribution in [3.8, 4) is 11.5 Å². The maximum absolute atomic E-state index is 12.1. The van der Waals surface area contributed by atoms with Crippen molar-refractivity contribution in [1.29, 1.82) is 0 Å². The number of fused-ring (bicyclic) bond motifs is 4. The molecule has 22 heavy (non-hydrogen) atoms. The Labute approximate surface area is 129 Å². The molecule has 6 heteroatoms. The highest BCUT2D eigenvalue weighted by molar-refractivity contribution is 5.80. The lowest BCUT2D eigenvalue weighted by molar-refractivity contribution is -0.125. The van der Waals surface area contributed by atoms with Gasteiger partial charge in [0, 0.05) is 19.6 Å². The topological polar surface area (TPSA) is 60.0 Å². The zero-order valence-corrected chi connectivity index (χ0v) is 12.6. The van der Waals surface area contributed by atoms with E-state index in [2.05, 4.69) is 23.2 Å². The molecule has 0 aliphatic carbocycles. The molecule has 3 heterocycles. The van der Waals surface area contributed by atoms with Crippen LogP contribution in [-0.4, -0.2) is 49.9 Å². The van der Waals surface area contributed by atoms with Gasteiger partial charge in [-0.15, -0.1) is 0 Å². The Morgan fingerprint density at radius 2 is 2.05 bits per heavy atom. The van der Waals surface area contributed by atoms with Crippen LogP contribution >= 0.6 is 0 Å². The Kier molecular flexibility index (Phi) is 3.43. The van der Waals surface area contributed by atoms with Crippen LogP contribution in [0.25, 0.3) is 0 Å². The van der Waals surface area contributed by atoms with Gasteiger partial charge in [-0.1, -0.05) is 0 Å². The van der Waals surface area contributed by atoms with Crippen molar-refractivity contribution in [2.45, 2.75) is 19.5 Å². The smallest absolute Gasteiger partial charge is 0.231 e. The molecule has 3 aliphatic rings. The summed E-state index contributed by atoms with van der Waals surface area (Å²) in [6, 6.07) is 4.17. The third kappa shape index (κ3) is 2.53. The first-order valence-electron chi connectivity index (χ1n) is 7.68. The standard InChI is InChI=1S/C16H20N2O4/c1-10-2-14-15(22-9-21-14)3-11(10)4-18-5-12-7-20-8-13(6-18)17-16(12)19/h2-3,12-13H,4-9H2,1H3,(H,17,19)/t12-,13+/m1/s1. The van der Waals surface area contributed by atoms with Crippen molar-refractivity contribution < 1.29 is 19.0 Å². The number of hydrogen-bond donors (Lipinski definition) is 1. The summed E-state index contributed by atoms with van der Waals surface area (Å²) in [6.07, 6.45) is 0. The van der Waals surface area contributed by atoms with Gasteiger partial charge in [0.15, 0.2) is 11.5 Å². The van der Waals surface area contributed by atoms with E-state index in [1.807, 2.05) is 6.07 Å². The molecular formula is C16H20N2O4. The number of amides is 1. The van der Waals surface area contributed by atoms with E-state index >= 15 is 0 Å². The van der Waals surface area contributed by atoms with Gasteiger partial charge in [-0.2, -0.15) is 0 Å². The van der Waals surface area contributed by atoms with Crippen LogP contribution in [0.15, 0.2) is 12.1 Å². The predicted octanol–water partition coefficient (Wildman–Crippen LogP) is 0.671. The predicted molar refractivity (Wildman–Crippen MR) is 78.8 cm³/mol. The number of rotatable bonds is 2. The monoisotopic (exact) mass is 304 g/mol. The molecular weight excluding hydrogens is 284 g/mol. The minimum atomic E-state index is -0.0817. The maximum atomic E-state index is 12.1. The molecule has 0 aromatic heterocycles. The number of ether oxygens (including phenoxy) is 3. The van der Waals surface area contributed by atoms with Gasteiger partial charge in [-0.3, -0.25) is 9.69 Å². The summed E-state index contributed by atoms with van der Waals surface area (Å²) in [5.41, 5.74) is 2.41. The third-order valence-electron chi connectivity index (χ3n) is 4.54. The first-order chi connectivity index (χ1) is 10.7. The molecule has 1 amide bonds. The van der Waals surface area contributed by atoms with Crippen LogP contribution in [0.5, 0.6) is 11.5 Å². The first-order valence-corrected chi connectivity index (χ1v) is 7.68. The fourth-order valence-electron chi connectivity index (χ4n) is 3.35. The lowest BCUT2D eigenvalue weighted by Crippen LogP contribution is -2.41. The lowest BCUT2D eigenvalue weighted by atomic mass is 10.1. The maximum Gasteiger partial charge on any atom is 0.231 e. The molecule has 4 rings (SSSR count). The fourth-order valence-corrected chi connectivity index (χ4v) is 3.35. The number of aryl methyl sites for hydroxylation is 1. The molecule has 0 saturated carbocycles. The molecule has 1 aromatic rings. The highest BCUT2D eigenvalue weighted by Gasteiger charge is 2.33. The van der Waals surface area contributed by atoms with Crippen LogP contribution in [0.3, 0.4) is 0 Å². The van der Waals surface area contributed by atoms with Crippen LogP contribution in [0.1, 0.15) is 11.1 Å². The third-order valence-corrected chi connectivity index (χ3v) is 4.54. The van der Waals surface area contributed by atoms with E-state index in [-0.39, 0.29) is 17.9 Å². The molecule has 118 valence electrons. The quantitative estimate of drug-likeness (QED) is 0.870. The average Bonchev–Trinajstić information content (AvgIpc) is 2.76.